The van der Waals surface area contributed by atoms with E-state index in [0.717, 1.165) is 21.1 Å². The van der Waals surface area contributed by atoms with Crippen molar-refractivity contribution >= 4 is 17.4 Å². The third-order valence-corrected chi connectivity index (χ3v) is 4.83. The third kappa shape index (κ3) is 4.64. The van der Waals surface area contributed by atoms with Crippen molar-refractivity contribution in [3.8, 4) is 16.3 Å². The van der Waals surface area contributed by atoms with Gasteiger partial charge in [0.25, 0.3) is 0 Å². The largest absolute Gasteiger partial charge is 0.412 e. The zero-order valence-corrected chi connectivity index (χ0v) is 14.5. The summed E-state index contributed by atoms with van der Waals surface area (Å²) in [7, 11) is 0. The van der Waals surface area contributed by atoms with E-state index in [2.05, 4.69) is 10.3 Å². The van der Waals surface area contributed by atoms with Crippen LogP contribution in [0.3, 0.4) is 0 Å². The maximum absolute atomic E-state index is 13.0. The quantitative estimate of drug-likeness (QED) is 0.727. The monoisotopic (exact) mass is 356 g/mol. The molecule has 1 aromatic heterocycles. The maximum Gasteiger partial charge on any atom is 0.412 e. The Labute approximate surface area is 149 Å². The van der Waals surface area contributed by atoms with Crippen molar-refractivity contribution in [3.63, 3.8) is 0 Å². The lowest BCUT2D eigenvalue weighted by molar-refractivity contribution is 0.200. The van der Waals surface area contributed by atoms with Crippen molar-refractivity contribution in [1.82, 2.24) is 10.3 Å². The molecular weight excluding hydrogens is 339 g/mol. The van der Waals surface area contributed by atoms with E-state index < -0.39 is 6.09 Å². The predicted molar refractivity (Wildman–Crippen MR) is 96.4 cm³/mol. The molecule has 25 heavy (non-hydrogen) atoms. The van der Waals surface area contributed by atoms with Crippen molar-refractivity contribution in [2.24, 2.45) is 0 Å². The number of rotatable bonds is 5. The van der Waals surface area contributed by atoms with E-state index in [4.69, 9.17) is 4.74 Å². The summed E-state index contributed by atoms with van der Waals surface area (Å²) in [6, 6.07) is 15.2. The fourth-order valence-electron chi connectivity index (χ4n) is 2.29. The Kier molecular flexibility index (Phi) is 5.40. The minimum absolute atomic E-state index is 0.265. The molecule has 0 aliphatic rings. The van der Waals surface area contributed by atoms with E-state index in [1.807, 2.05) is 13.0 Å². The third-order valence-electron chi connectivity index (χ3n) is 3.56. The molecule has 0 aliphatic heterocycles. The molecule has 0 bridgehead atoms. The van der Waals surface area contributed by atoms with Gasteiger partial charge in [0.05, 0.1) is 5.69 Å². The molecular formula is C19H17FN2O2S. The molecule has 6 heteroatoms. The van der Waals surface area contributed by atoms with Crippen LogP contribution < -0.4 is 10.1 Å². The van der Waals surface area contributed by atoms with E-state index in [1.54, 1.807) is 47.7 Å². The minimum atomic E-state index is -0.480. The Hall–Kier alpha value is -2.73. The first-order chi connectivity index (χ1) is 12.1. The molecule has 1 heterocycles. The standard InChI is InChI=1S/C19H17FN2O2S/c1-13-17(25-18(22-13)14-7-9-15(20)10-8-14)11-12-21-19(23)24-16-5-3-2-4-6-16/h2-10H,11-12H2,1H3,(H,21,23). The molecule has 128 valence electrons. The summed E-state index contributed by atoms with van der Waals surface area (Å²) in [4.78, 5) is 17.4. The van der Waals surface area contributed by atoms with Gasteiger partial charge in [-0.2, -0.15) is 0 Å². The number of nitrogens with zero attached hydrogens (tertiary/aromatic N) is 1. The van der Waals surface area contributed by atoms with E-state index in [1.165, 1.54) is 12.1 Å². The SMILES string of the molecule is Cc1nc(-c2ccc(F)cc2)sc1CCNC(=O)Oc1ccccc1. The molecule has 0 unspecified atom stereocenters. The molecule has 1 N–H and O–H groups in total. The number of nitrogens with one attached hydrogen (secondary N) is 1. The van der Waals surface area contributed by atoms with Crippen LogP contribution in [-0.2, 0) is 6.42 Å². The van der Waals surface area contributed by atoms with Crippen molar-refractivity contribution in [3.05, 3.63) is 71.0 Å². The normalized spacial score (nSPS) is 10.5. The summed E-state index contributed by atoms with van der Waals surface area (Å²) >= 11 is 1.55. The van der Waals surface area contributed by atoms with E-state index in [0.29, 0.717) is 18.7 Å². The number of aromatic nitrogens is 1. The lowest BCUT2D eigenvalue weighted by Gasteiger charge is -2.05. The van der Waals surface area contributed by atoms with Crippen molar-refractivity contribution < 1.29 is 13.9 Å². The molecule has 3 rings (SSSR count). The highest BCUT2D eigenvalue weighted by Crippen LogP contribution is 2.28. The molecule has 0 aliphatic carbocycles. The summed E-state index contributed by atoms with van der Waals surface area (Å²) in [5.41, 5.74) is 1.81. The lowest BCUT2D eigenvalue weighted by atomic mass is 10.2. The number of ether oxygens (including phenoxy) is 1. The van der Waals surface area contributed by atoms with Gasteiger partial charge in [-0.1, -0.05) is 18.2 Å². The van der Waals surface area contributed by atoms with Crippen LogP contribution in [0.2, 0.25) is 0 Å². The number of hydrogen-bond acceptors (Lipinski definition) is 4. The summed E-state index contributed by atoms with van der Waals surface area (Å²) < 4.78 is 18.2. The Morgan fingerprint density at radius 3 is 2.60 bits per heavy atom. The summed E-state index contributed by atoms with van der Waals surface area (Å²) in [6.07, 6.45) is 0.182. The van der Waals surface area contributed by atoms with Gasteiger partial charge in [0.2, 0.25) is 0 Å². The van der Waals surface area contributed by atoms with Gasteiger partial charge in [-0.15, -0.1) is 11.3 Å². The molecule has 0 atom stereocenters. The predicted octanol–water partition coefficient (Wildman–Crippen LogP) is 4.59. The first kappa shape index (κ1) is 17.1. The molecule has 0 saturated carbocycles. The van der Waals surface area contributed by atoms with Gasteiger partial charge >= 0.3 is 6.09 Å². The van der Waals surface area contributed by atoms with Crippen molar-refractivity contribution in [2.75, 3.05) is 6.54 Å². The molecule has 1 amide bonds. The number of benzene rings is 2. The number of carbonyl (C=O) groups excluding carboxylic acids is 1. The fraction of sp³-hybridized carbons (Fsp3) is 0.158. The van der Waals surface area contributed by atoms with Crippen molar-refractivity contribution in [1.29, 1.82) is 0 Å². The molecule has 0 fully saturated rings. The second kappa shape index (κ2) is 7.90. The second-order valence-corrected chi connectivity index (χ2v) is 6.50. The van der Waals surface area contributed by atoms with Gasteiger partial charge in [-0.25, -0.2) is 14.2 Å². The first-order valence-corrected chi connectivity index (χ1v) is 8.66. The first-order valence-electron chi connectivity index (χ1n) is 7.85. The van der Waals surface area contributed by atoms with Crippen LogP contribution in [0.5, 0.6) is 5.75 Å². The number of aryl methyl sites for hydroxylation is 1. The summed E-state index contributed by atoms with van der Waals surface area (Å²) in [5.74, 6) is 0.242. The molecule has 3 aromatic rings. The van der Waals surface area contributed by atoms with Crippen LogP contribution in [-0.4, -0.2) is 17.6 Å². The summed E-state index contributed by atoms with van der Waals surface area (Å²) in [6.45, 7) is 2.39. The van der Waals surface area contributed by atoms with Crippen LogP contribution in [0.25, 0.3) is 10.6 Å². The zero-order chi connectivity index (χ0) is 17.6. The second-order valence-electron chi connectivity index (χ2n) is 5.41. The Balaban J connectivity index is 1.55. The number of thiazole rings is 1. The maximum atomic E-state index is 13.0. The highest BCUT2D eigenvalue weighted by molar-refractivity contribution is 7.15. The zero-order valence-electron chi connectivity index (χ0n) is 13.7. The van der Waals surface area contributed by atoms with Crippen LogP contribution >= 0.6 is 11.3 Å². The van der Waals surface area contributed by atoms with Gasteiger partial charge in [-0.05, 0) is 43.3 Å². The highest BCUT2D eigenvalue weighted by atomic mass is 32.1. The number of para-hydroxylation sites is 1. The molecule has 0 saturated heterocycles. The summed E-state index contributed by atoms with van der Waals surface area (Å²) in [5, 5.41) is 3.58. The topological polar surface area (TPSA) is 51.2 Å². The Bertz CT molecular complexity index is 848. The fourth-order valence-corrected chi connectivity index (χ4v) is 3.35. The molecule has 0 spiro atoms. The minimum Gasteiger partial charge on any atom is -0.410 e. The van der Waals surface area contributed by atoms with Crippen LogP contribution in [0.4, 0.5) is 9.18 Å². The highest BCUT2D eigenvalue weighted by Gasteiger charge is 2.10. The average Bonchev–Trinajstić information content (AvgIpc) is 2.97. The van der Waals surface area contributed by atoms with Gasteiger partial charge in [-0.3, -0.25) is 0 Å². The van der Waals surface area contributed by atoms with Crippen molar-refractivity contribution in [2.45, 2.75) is 13.3 Å². The van der Waals surface area contributed by atoms with Crippen LogP contribution in [0.1, 0.15) is 10.6 Å². The van der Waals surface area contributed by atoms with Gasteiger partial charge in [0, 0.05) is 23.4 Å². The van der Waals surface area contributed by atoms with Crippen LogP contribution in [0.15, 0.2) is 54.6 Å². The van der Waals surface area contributed by atoms with E-state index >= 15 is 0 Å². The molecule has 0 radical (unpaired) electrons. The Morgan fingerprint density at radius 2 is 1.88 bits per heavy atom. The van der Waals surface area contributed by atoms with Gasteiger partial charge in [0.1, 0.15) is 16.6 Å². The van der Waals surface area contributed by atoms with E-state index in [-0.39, 0.29) is 5.82 Å². The number of amides is 1. The number of carbonyl (C=O) groups is 1. The average molecular weight is 356 g/mol. The number of hydrogen-bond donors (Lipinski definition) is 1. The lowest BCUT2D eigenvalue weighted by Crippen LogP contribution is -2.28. The molecule has 4 nitrogen and oxygen atoms in total. The van der Waals surface area contributed by atoms with Crippen LogP contribution in [0, 0.1) is 12.7 Å². The van der Waals surface area contributed by atoms with E-state index in [9.17, 15) is 9.18 Å². The molecule has 2 aromatic carbocycles. The van der Waals surface area contributed by atoms with Gasteiger partial charge in [0.15, 0.2) is 0 Å². The smallest absolute Gasteiger partial charge is 0.410 e. The number of halogens is 1. The Morgan fingerprint density at radius 1 is 1.16 bits per heavy atom. The van der Waals surface area contributed by atoms with Gasteiger partial charge < -0.3 is 10.1 Å².